The van der Waals surface area contributed by atoms with Crippen molar-refractivity contribution in [2.45, 2.75) is 102 Å². The number of hydrogen-bond donors (Lipinski definition) is 3. The van der Waals surface area contributed by atoms with Gasteiger partial charge in [-0.1, -0.05) is 64.2 Å². The lowest BCUT2D eigenvalue weighted by atomic mass is 9.98. The van der Waals surface area contributed by atoms with Crippen LogP contribution in [0.5, 0.6) is 0 Å². The van der Waals surface area contributed by atoms with Gasteiger partial charge in [0.1, 0.15) is 11.5 Å². The van der Waals surface area contributed by atoms with E-state index in [1.54, 1.807) is 6.20 Å². The molecule has 1 aliphatic rings. The van der Waals surface area contributed by atoms with E-state index in [-0.39, 0.29) is 17.6 Å². The second kappa shape index (κ2) is 13.2. The minimum Gasteiger partial charge on any atom is -0.392 e. The van der Waals surface area contributed by atoms with Gasteiger partial charge in [0.15, 0.2) is 5.60 Å². The summed E-state index contributed by atoms with van der Waals surface area (Å²) >= 11 is 6.16. The number of ether oxygens (including phenoxy) is 1. The van der Waals surface area contributed by atoms with E-state index in [1.807, 2.05) is 10.6 Å². The summed E-state index contributed by atoms with van der Waals surface area (Å²) in [4.78, 5) is 21.1. The van der Waals surface area contributed by atoms with Crippen molar-refractivity contribution in [3.8, 4) is 12.3 Å². The highest BCUT2D eigenvalue weighted by Gasteiger charge is 2.46. The molecule has 3 heterocycles. The highest BCUT2D eigenvalue weighted by Crippen LogP contribution is 2.32. The summed E-state index contributed by atoms with van der Waals surface area (Å²) in [6.45, 7) is 2.11. The van der Waals surface area contributed by atoms with Crippen LogP contribution < -0.4 is 5.32 Å². The molecule has 2 aromatic rings. The Morgan fingerprint density at radius 3 is 2.57 bits per heavy atom. The molecule has 0 spiro atoms. The number of carbonyl (C=O) groups excluding carboxylic acids is 1. The topological polar surface area (TPSA) is 110 Å². The Morgan fingerprint density at radius 1 is 1.26 bits per heavy atom. The van der Waals surface area contributed by atoms with Gasteiger partial charge < -0.3 is 24.8 Å². The first-order valence-electron chi connectivity index (χ1n) is 12.7. The van der Waals surface area contributed by atoms with Crippen molar-refractivity contribution in [3.63, 3.8) is 0 Å². The number of fused-ring (bicyclic) bond motifs is 1. The normalized spacial score (nSPS) is 21.9. The van der Waals surface area contributed by atoms with Gasteiger partial charge in [-0.3, -0.25) is 4.79 Å². The number of aromatic nitrogens is 3. The minimum absolute atomic E-state index is 0.0246. The lowest BCUT2D eigenvalue weighted by molar-refractivity contribution is -0.116. The first kappa shape index (κ1) is 27.4. The molecule has 0 bridgehead atoms. The number of carbonyl (C=O) groups is 1. The summed E-state index contributed by atoms with van der Waals surface area (Å²) < 4.78 is 7.62. The average Bonchev–Trinajstić information content (AvgIpc) is 3.38. The zero-order valence-corrected chi connectivity index (χ0v) is 21.3. The van der Waals surface area contributed by atoms with Gasteiger partial charge in [0.05, 0.1) is 30.7 Å². The molecule has 35 heavy (non-hydrogen) atoms. The molecule has 3 N–H and O–H groups in total. The smallest absolute Gasteiger partial charge is 0.226 e. The Bertz CT molecular complexity index is 1020. The SMILES string of the molecule is C#C[C@]1(CO)O[C@@H](Cn2ccc3c(NC(=O)CCCCCCCCCCC)nc(Cl)nc32)C[C@@H]1O. The van der Waals surface area contributed by atoms with Crippen molar-refractivity contribution in [3.05, 3.63) is 17.5 Å². The van der Waals surface area contributed by atoms with Crippen molar-refractivity contribution >= 4 is 34.4 Å². The molecule has 0 aromatic carbocycles. The van der Waals surface area contributed by atoms with Crippen LogP contribution in [0, 0.1) is 12.3 Å². The number of halogens is 1. The molecule has 0 radical (unpaired) electrons. The lowest BCUT2D eigenvalue weighted by Gasteiger charge is -2.23. The van der Waals surface area contributed by atoms with Crippen LogP contribution in [0.15, 0.2) is 12.3 Å². The van der Waals surface area contributed by atoms with Gasteiger partial charge in [0, 0.05) is 19.0 Å². The van der Waals surface area contributed by atoms with E-state index in [2.05, 4.69) is 28.1 Å². The van der Waals surface area contributed by atoms with E-state index in [4.69, 9.17) is 22.8 Å². The van der Waals surface area contributed by atoms with E-state index in [9.17, 15) is 15.0 Å². The van der Waals surface area contributed by atoms with Gasteiger partial charge in [-0.25, -0.2) is 0 Å². The Kier molecular flexibility index (Phi) is 10.4. The number of aliphatic hydroxyl groups excluding tert-OH is 2. The number of aliphatic hydroxyl groups is 2. The maximum absolute atomic E-state index is 12.5. The fourth-order valence-corrected chi connectivity index (χ4v) is 4.75. The fraction of sp³-hybridized carbons (Fsp3) is 0.654. The second-order valence-electron chi connectivity index (χ2n) is 9.36. The van der Waals surface area contributed by atoms with E-state index in [0.717, 1.165) is 19.3 Å². The third-order valence-corrected chi connectivity index (χ3v) is 6.81. The number of amides is 1. The zero-order chi connectivity index (χ0) is 25.3. The largest absolute Gasteiger partial charge is 0.392 e. The minimum atomic E-state index is -1.39. The number of anilines is 1. The van der Waals surface area contributed by atoms with Gasteiger partial charge in [-0.15, -0.1) is 6.42 Å². The summed E-state index contributed by atoms with van der Waals surface area (Å²) in [6, 6.07) is 1.81. The molecule has 1 amide bonds. The number of nitrogens with one attached hydrogen (secondary N) is 1. The van der Waals surface area contributed by atoms with Crippen LogP contribution in [-0.2, 0) is 16.1 Å². The van der Waals surface area contributed by atoms with Gasteiger partial charge in [0.2, 0.25) is 11.2 Å². The van der Waals surface area contributed by atoms with Gasteiger partial charge in [-0.2, -0.15) is 9.97 Å². The molecular formula is C26H37ClN4O4. The molecular weight excluding hydrogens is 468 g/mol. The maximum Gasteiger partial charge on any atom is 0.226 e. The molecule has 0 aliphatic carbocycles. The van der Waals surface area contributed by atoms with Gasteiger partial charge in [-0.05, 0) is 24.1 Å². The van der Waals surface area contributed by atoms with Crippen LogP contribution in [0.25, 0.3) is 11.0 Å². The van der Waals surface area contributed by atoms with E-state index < -0.39 is 24.4 Å². The van der Waals surface area contributed by atoms with Crippen molar-refractivity contribution in [1.82, 2.24) is 14.5 Å². The summed E-state index contributed by atoms with van der Waals surface area (Å²) in [5.74, 6) is 2.65. The summed E-state index contributed by atoms with van der Waals surface area (Å²) in [5.41, 5.74) is -0.849. The highest BCUT2D eigenvalue weighted by molar-refractivity contribution is 6.28. The Balaban J connectivity index is 1.53. The maximum atomic E-state index is 12.5. The molecule has 3 rings (SSSR count). The average molecular weight is 505 g/mol. The monoisotopic (exact) mass is 504 g/mol. The lowest BCUT2D eigenvalue weighted by Crippen LogP contribution is -2.41. The van der Waals surface area contributed by atoms with E-state index >= 15 is 0 Å². The van der Waals surface area contributed by atoms with Crippen LogP contribution in [0.4, 0.5) is 5.82 Å². The first-order chi connectivity index (χ1) is 16.9. The fourth-order valence-electron chi connectivity index (χ4n) is 4.59. The highest BCUT2D eigenvalue weighted by atomic mass is 35.5. The van der Waals surface area contributed by atoms with Crippen molar-refractivity contribution < 1.29 is 19.7 Å². The zero-order valence-electron chi connectivity index (χ0n) is 20.5. The van der Waals surface area contributed by atoms with E-state index in [1.165, 1.54) is 38.5 Å². The summed E-state index contributed by atoms with van der Waals surface area (Å²) in [5, 5.41) is 23.4. The predicted molar refractivity (Wildman–Crippen MR) is 137 cm³/mol. The summed E-state index contributed by atoms with van der Waals surface area (Å²) in [6.07, 6.45) is 17.4. The van der Waals surface area contributed by atoms with Crippen molar-refractivity contribution in [2.75, 3.05) is 11.9 Å². The molecule has 1 saturated heterocycles. The van der Waals surface area contributed by atoms with Crippen LogP contribution >= 0.6 is 11.6 Å². The number of hydrogen-bond acceptors (Lipinski definition) is 6. The molecule has 8 nitrogen and oxygen atoms in total. The Morgan fingerprint density at radius 2 is 1.94 bits per heavy atom. The van der Waals surface area contributed by atoms with Crippen LogP contribution in [-0.4, -0.2) is 55.1 Å². The Labute approximate surface area is 212 Å². The molecule has 3 atom stereocenters. The summed E-state index contributed by atoms with van der Waals surface area (Å²) in [7, 11) is 0. The van der Waals surface area contributed by atoms with Crippen molar-refractivity contribution in [1.29, 1.82) is 0 Å². The molecule has 2 aromatic heterocycles. The third-order valence-electron chi connectivity index (χ3n) is 6.64. The number of nitrogens with zero attached hydrogens (tertiary/aromatic N) is 3. The first-order valence-corrected chi connectivity index (χ1v) is 13.1. The number of unbranched alkanes of at least 4 members (excludes halogenated alkanes) is 8. The molecule has 1 aliphatic heterocycles. The second-order valence-corrected chi connectivity index (χ2v) is 9.69. The number of terminal acetylenes is 1. The molecule has 0 unspecified atom stereocenters. The standard InChI is InChI=1S/C26H37ClN4O4/c1-3-5-6-7-8-9-10-11-12-13-22(34)28-23-20-14-15-31(24(20)30-25(27)29-23)17-19-16-21(33)26(4-2,18-32)35-19/h2,14-15,19,21,32-33H,3,5-13,16-18H2,1H3,(H,28,29,30,34)/t19-,21+,26-/m1/s1. The van der Waals surface area contributed by atoms with Gasteiger partial charge >= 0.3 is 0 Å². The quantitative estimate of drug-likeness (QED) is 0.199. The predicted octanol–water partition coefficient (Wildman–Crippen LogP) is 4.46. The third kappa shape index (κ3) is 7.17. The Hall–Kier alpha value is -2.18. The van der Waals surface area contributed by atoms with Crippen LogP contribution in [0.3, 0.4) is 0 Å². The van der Waals surface area contributed by atoms with E-state index in [0.29, 0.717) is 29.8 Å². The molecule has 1 fully saturated rings. The van der Waals surface area contributed by atoms with Gasteiger partial charge in [0.25, 0.3) is 0 Å². The molecule has 0 saturated carbocycles. The molecule has 9 heteroatoms. The number of rotatable bonds is 14. The van der Waals surface area contributed by atoms with Crippen molar-refractivity contribution in [2.24, 2.45) is 0 Å². The molecule has 192 valence electrons. The van der Waals surface area contributed by atoms with Crippen LogP contribution in [0.2, 0.25) is 5.28 Å². The van der Waals surface area contributed by atoms with Crippen LogP contribution in [0.1, 0.15) is 77.6 Å².